The van der Waals surface area contributed by atoms with E-state index in [2.05, 4.69) is 107 Å². The van der Waals surface area contributed by atoms with Gasteiger partial charge in [-0.05, 0) is 186 Å². The van der Waals surface area contributed by atoms with Crippen LogP contribution in [0.3, 0.4) is 0 Å². The molecule has 3 saturated carbocycles. The standard InChI is InChI=1S/C27H36N4O4.2C26H36N4O3.C18H24N4O/c1-34-24-8-4-3-7-23(24)30-18-15-29(16-19-30)17-20-31(25-9-5-6-14-28-25)26(32)21-10-12-22(13-11-21)27(33)35-2;2*1-33-24-7-3-2-6-23(24)29-17-14-28(15-18-29)16-19-30(25-8-4-5-13-27-25)26(32)22-11-9-21(20-31)10-12-22;1-23-17-7-3-2-6-16(17)22-14-12-21(13-15-22)11-10-20-18-8-4-5-9-19-18/h3-9,14,21-22H,10-13,15-20H2,1-2H3;2*2-8,13,21-22,31H,9-12,14-20H2,1H3;2-9H,10-15H2,1H3,(H,19,20). The highest BCUT2D eigenvalue weighted by Crippen LogP contribution is 2.37. The number of hydrogen-bond donors (Lipinski definition) is 3. The topological polar surface area (TPSA) is 254 Å². The Bertz CT molecular complexity index is 4290. The zero-order valence-corrected chi connectivity index (χ0v) is 73.6. The maximum atomic E-state index is 13.6. The van der Waals surface area contributed by atoms with E-state index in [-0.39, 0.29) is 60.6 Å². The van der Waals surface area contributed by atoms with Crippen molar-refractivity contribution in [3.63, 3.8) is 0 Å². The van der Waals surface area contributed by atoms with Crippen molar-refractivity contribution in [1.29, 1.82) is 0 Å². The number of para-hydroxylation sites is 8. The number of pyridine rings is 4. The second-order valence-corrected chi connectivity index (χ2v) is 33.0. The summed E-state index contributed by atoms with van der Waals surface area (Å²) >= 11 is 0. The second-order valence-electron chi connectivity index (χ2n) is 33.0. The number of anilines is 8. The molecular formula is C97H132N16O11. The molecule has 8 heterocycles. The van der Waals surface area contributed by atoms with E-state index in [0.717, 1.165) is 246 Å². The summed E-state index contributed by atoms with van der Waals surface area (Å²) in [5, 5.41) is 22.2. The molecule has 15 rings (SSSR count). The van der Waals surface area contributed by atoms with Crippen LogP contribution in [0.15, 0.2) is 195 Å². The third-order valence-corrected chi connectivity index (χ3v) is 25.6. The van der Waals surface area contributed by atoms with Crippen LogP contribution in [-0.2, 0) is 23.9 Å². The van der Waals surface area contributed by atoms with Crippen molar-refractivity contribution >= 4 is 69.7 Å². The van der Waals surface area contributed by atoms with E-state index in [1.165, 1.54) is 12.8 Å². The Morgan fingerprint density at radius 2 is 0.597 bits per heavy atom. The summed E-state index contributed by atoms with van der Waals surface area (Å²) in [6.45, 7) is 22.2. The fourth-order valence-electron chi connectivity index (χ4n) is 18.1. The maximum absolute atomic E-state index is 13.6. The molecule has 0 radical (unpaired) electrons. The minimum atomic E-state index is -0.162. The number of piperazine rings is 4. The van der Waals surface area contributed by atoms with Gasteiger partial charge >= 0.3 is 5.97 Å². The van der Waals surface area contributed by atoms with Crippen molar-refractivity contribution in [3.05, 3.63) is 195 Å². The van der Waals surface area contributed by atoms with E-state index in [9.17, 15) is 29.4 Å². The van der Waals surface area contributed by atoms with Gasteiger partial charge in [0.25, 0.3) is 0 Å². The highest BCUT2D eigenvalue weighted by Gasteiger charge is 2.37. The van der Waals surface area contributed by atoms with E-state index in [4.69, 9.17) is 23.7 Å². The second kappa shape index (κ2) is 49.1. The molecule has 3 amide bonds. The lowest BCUT2D eigenvalue weighted by Crippen LogP contribution is -2.50. The number of aromatic nitrogens is 4. The number of nitrogens with zero attached hydrogens (tertiary/aromatic N) is 15. The van der Waals surface area contributed by atoms with Crippen molar-refractivity contribution in [3.8, 4) is 23.0 Å². The van der Waals surface area contributed by atoms with Crippen LogP contribution < -0.4 is 58.6 Å². The summed E-state index contributed by atoms with van der Waals surface area (Å²) in [5.74, 6) is 7.66. The molecule has 0 bridgehead atoms. The molecule has 4 aliphatic heterocycles. The molecule has 7 aliphatic rings. The lowest BCUT2D eigenvalue weighted by atomic mass is 9.81. The minimum absolute atomic E-state index is 0.0252. The number of aliphatic hydroxyl groups is 2. The normalized spacial score (nSPS) is 20.2. The number of rotatable bonds is 30. The zero-order chi connectivity index (χ0) is 86.6. The first-order valence-electron chi connectivity index (χ1n) is 44.9. The quantitative estimate of drug-likeness (QED) is 0.0354. The summed E-state index contributed by atoms with van der Waals surface area (Å²) in [6, 6.07) is 55.8. The summed E-state index contributed by atoms with van der Waals surface area (Å²) in [5.41, 5.74) is 4.61. The summed E-state index contributed by atoms with van der Waals surface area (Å²) in [6.07, 6.45) is 17.0. The Kier molecular flexibility index (Phi) is 36.6. The molecule has 124 heavy (non-hydrogen) atoms. The summed E-state index contributed by atoms with van der Waals surface area (Å²) in [7, 11) is 8.31. The van der Waals surface area contributed by atoms with Crippen LogP contribution in [0, 0.1) is 35.5 Å². The van der Waals surface area contributed by atoms with E-state index in [0.29, 0.717) is 63.0 Å². The van der Waals surface area contributed by atoms with Crippen LogP contribution in [0.4, 0.5) is 46.0 Å². The van der Waals surface area contributed by atoms with Gasteiger partial charge in [0.2, 0.25) is 17.7 Å². The van der Waals surface area contributed by atoms with Gasteiger partial charge in [-0.3, -0.25) is 53.5 Å². The first-order chi connectivity index (χ1) is 60.8. The van der Waals surface area contributed by atoms with Crippen LogP contribution in [0.5, 0.6) is 23.0 Å². The van der Waals surface area contributed by atoms with Crippen molar-refractivity contribution in [1.82, 2.24) is 39.5 Å². The van der Waals surface area contributed by atoms with Crippen molar-refractivity contribution < 1.29 is 53.1 Å². The Hall–Kier alpha value is -10.7. The number of benzene rings is 4. The third kappa shape index (κ3) is 26.5. The molecule has 0 spiro atoms. The largest absolute Gasteiger partial charge is 0.495 e. The van der Waals surface area contributed by atoms with Crippen molar-refractivity contribution in [2.75, 3.05) is 245 Å². The van der Waals surface area contributed by atoms with E-state index < -0.39 is 0 Å². The molecule has 4 saturated heterocycles. The van der Waals surface area contributed by atoms with E-state index >= 15 is 0 Å². The van der Waals surface area contributed by atoms with Gasteiger partial charge in [-0.1, -0.05) is 72.8 Å². The van der Waals surface area contributed by atoms with Gasteiger partial charge in [0.15, 0.2) is 0 Å². The van der Waals surface area contributed by atoms with Crippen LogP contribution >= 0.6 is 0 Å². The molecule has 3 N–H and O–H groups in total. The Morgan fingerprint density at radius 1 is 0.331 bits per heavy atom. The molecule has 7 fully saturated rings. The van der Waals surface area contributed by atoms with Gasteiger partial charge < -0.3 is 58.8 Å². The first-order valence-corrected chi connectivity index (χ1v) is 44.9. The molecule has 4 aromatic heterocycles. The van der Waals surface area contributed by atoms with Gasteiger partial charge in [-0.15, -0.1) is 0 Å². The fraction of sp³-hybridized carbons (Fsp3) is 0.505. The highest BCUT2D eigenvalue weighted by atomic mass is 16.5. The molecular weight excluding hydrogens is 1570 g/mol. The minimum Gasteiger partial charge on any atom is -0.495 e. The summed E-state index contributed by atoms with van der Waals surface area (Å²) < 4.78 is 27.0. The Labute approximate surface area is 734 Å². The zero-order valence-electron chi connectivity index (χ0n) is 73.6. The molecule has 3 aliphatic carbocycles. The molecule has 27 heteroatoms. The highest BCUT2D eigenvalue weighted by molar-refractivity contribution is 5.96. The molecule has 666 valence electrons. The maximum Gasteiger partial charge on any atom is 0.308 e. The van der Waals surface area contributed by atoms with Crippen LogP contribution in [0.25, 0.3) is 0 Å². The van der Waals surface area contributed by atoms with Crippen LogP contribution in [0.1, 0.15) is 77.0 Å². The van der Waals surface area contributed by atoms with Gasteiger partial charge in [0.05, 0.1) is 64.2 Å². The smallest absolute Gasteiger partial charge is 0.308 e. The average Bonchev–Trinajstić information content (AvgIpc) is 0.809. The number of carbonyl (C=O) groups is 4. The first kappa shape index (κ1) is 92.5. The number of hydrogen-bond acceptors (Lipinski definition) is 24. The van der Waals surface area contributed by atoms with Crippen LogP contribution in [-0.4, -0.2) is 279 Å². The number of methoxy groups -OCH3 is 5. The summed E-state index contributed by atoms with van der Waals surface area (Å²) in [4.78, 5) is 94.9. The number of ether oxygens (including phenoxy) is 5. The molecule has 0 atom stereocenters. The molecule has 4 aromatic carbocycles. The molecule has 0 unspecified atom stereocenters. The lowest BCUT2D eigenvalue weighted by molar-refractivity contribution is -0.147. The predicted octanol–water partition coefficient (Wildman–Crippen LogP) is 11.6. The number of amides is 3. The third-order valence-electron chi connectivity index (χ3n) is 25.6. The van der Waals surface area contributed by atoms with Gasteiger partial charge in [0.1, 0.15) is 46.3 Å². The van der Waals surface area contributed by atoms with E-state index in [1.807, 2.05) is 148 Å². The monoisotopic (exact) mass is 1700 g/mol. The van der Waals surface area contributed by atoms with Gasteiger partial charge in [0, 0.05) is 213 Å². The molecule has 8 aromatic rings. The Balaban J connectivity index is 0.000000152. The Morgan fingerprint density at radius 3 is 0.863 bits per heavy atom. The predicted molar refractivity (Wildman–Crippen MR) is 492 cm³/mol. The molecule has 27 nitrogen and oxygen atoms in total. The SMILES string of the molecule is COC(=O)C1CCC(C(=O)N(CCN2CCN(c3ccccc3OC)CC2)c2ccccn2)CC1.COc1ccccc1N1CCN(CCN(C(=O)C2CCC(CO)CC2)c2ccccn2)CC1.COc1ccccc1N1CCN(CCN(C(=O)C2CCC(CO)CC2)c2ccccn2)CC1.COc1ccccc1N1CCN(CCNc2ccccn2)CC1. The number of aliphatic hydroxyl groups excluding tert-OH is 2. The number of esters is 1. The van der Waals surface area contributed by atoms with Gasteiger partial charge in [-0.25, -0.2) is 19.9 Å². The van der Waals surface area contributed by atoms with E-state index in [1.54, 1.807) is 47.0 Å². The lowest BCUT2D eigenvalue weighted by Gasteiger charge is -2.38. The average molecular weight is 1700 g/mol. The van der Waals surface area contributed by atoms with Crippen molar-refractivity contribution in [2.45, 2.75) is 77.0 Å². The van der Waals surface area contributed by atoms with Crippen LogP contribution in [0.2, 0.25) is 0 Å². The number of carbonyl (C=O) groups excluding carboxylic acids is 4. The van der Waals surface area contributed by atoms with Crippen molar-refractivity contribution in [2.24, 2.45) is 35.5 Å². The van der Waals surface area contributed by atoms with Gasteiger partial charge in [-0.2, -0.15) is 0 Å². The fourth-order valence-corrected chi connectivity index (χ4v) is 18.1. The number of nitrogens with one attached hydrogen (secondary N) is 1.